The number of para-hydroxylation sites is 1. The topological polar surface area (TPSA) is 175 Å². The predicted molar refractivity (Wildman–Crippen MR) is 92.6 cm³/mol. The van der Waals surface area contributed by atoms with Crippen molar-refractivity contribution in [1.29, 1.82) is 0 Å². The van der Waals surface area contributed by atoms with Crippen LogP contribution in [-0.2, 0) is 18.6 Å². The second-order valence-corrected chi connectivity index (χ2v) is 4.53. The van der Waals surface area contributed by atoms with Gasteiger partial charge in [0.2, 0.25) is 0 Å². The fourth-order valence-electron chi connectivity index (χ4n) is 1.65. The number of phenols is 2. The number of hydrogen-bond acceptors (Lipinski definition) is 8. The molecule has 11 heteroatoms. The van der Waals surface area contributed by atoms with Crippen molar-refractivity contribution in [2.75, 3.05) is 6.61 Å². The number of phenolic OH excluding ortho intramolecular Hbond substituents is 2. The SMILES string of the molecule is CCO.O=C(N/N=C/c1cc([N+](=O)[O-])ccc1O)c1ccccc1O.[OH-].[V+4]. The quantitative estimate of drug-likeness (QED) is 0.333. The number of hydrogen-bond donors (Lipinski definition) is 4. The zero-order valence-electron chi connectivity index (χ0n) is 14.2. The third kappa shape index (κ3) is 8.34. The van der Waals surface area contributed by atoms with Gasteiger partial charge < -0.3 is 20.8 Å². The van der Waals surface area contributed by atoms with Gasteiger partial charge in [-0.15, -0.1) is 0 Å². The van der Waals surface area contributed by atoms with Crippen LogP contribution in [0.3, 0.4) is 0 Å². The Bertz CT molecular complexity index is 784. The minimum atomic E-state index is -0.653. The standard InChI is InChI=1S/C14H11N3O5.C2H6O.H2O.V/c18-12-6-5-10(17(21)22)7-9(12)8-15-16-14(20)11-3-1-2-4-13(11)19;1-2-3;;/h1-8,18-19H,(H,16,20);3H,2H2,1H3;1H2;/q;;;+4/p-1/b15-8+;;;. The maximum absolute atomic E-state index is 11.8. The van der Waals surface area contributed by atoms with E-state index in [2.05, 4.69) is 10.5 Å². The summed E-state index contributed by atoms with van der Waals surface area (Å²) >= 11 is 0. The van der Waals surface area contributed by atoms with Gasteiger partial charge >= 0.3 is 18.6 Å². The number of carbonyl (C=O) groups is 1. The first-order chi connectivity index (χ1) is 11.9. The average molecular weight is 415 g/mol. The number of aliphatic hydroxyl groups is 1. The second-order valence-electron chi connectivity index (χ2n) is 4.53. The number of nitrogens with one attached hydrogen (secondary N) is 1. The van der Waals surface area contributed by atoms with E-state index in [4.69, 9.17) is 5.11 Å². The first-order valence-electron chi connectivity index (χ1n) is 7.10. The first-order valence-corrected chi connectivity index (χ1v) is 7.10. The van der Waals surface area contributed by atoms with Gasteiger partial charge in [-0.3, -0.25) is 14.9 Å². The molecule has 0 spiro atoms. The van der Waals surface area contributed by atoms with Crippen molar-refractivity contribution in [3.8, 4) is 11.5 Å². The Morgan fingerprint density at radius 1 is 1.22 bits per heavy atom. The Morgan fingerprint density at radius 3 is 2.37 bits per heavy atom. The molecule has 27 heavy (non-hydrogen) atoms. The number of aromatic hydroxyl groups is 2. The molecule has 0 aromatic heterocycles. The first kappa shape index (κ1) is 26.3. The van der Waals surface area contributed by atoms with E-state index in [-0.39, 0.29) is 59.0 Å². The summed E-state index contributed by atoms with van der Waals surface area (Å²) in [4.78, 5) is 21.8. The Morgan fingerprint density at radius 2 is 1.81 bits per heavy atom. The van der Waals surface area contributed by atoms with Crippen LogP contribution in [-0.4, -0.2) is 44.4 Å². The van der Waals surface area contributed by atoms with Gasteiger partial charge in [-0.2, -0.15) is 5.10 Å². The number of nitrogens with zero attached hydrogens (tertiary/aromatic N) is 2. The molecule has 0 aliphatic carbocycles. The van der Waals surface area contributed by atoms with E-state index < -0.39 is 10.8 Å². The van der Waals surface area contributed by atoms with Crippen molar-refractivity contribution < 1.29 is 49.1 Å². The normalized spacial score (nSPS) is 9.26. The smallest absolute Gasteiger partial charge is 0.870 e. The number of amides is 1. The summed E-state index contributed by atoms with van der Waals surface area (Å²) in [7, 11) is 0. The van der Waals surface area contributed by atoms with Gasteiger partial charge in [-0.1, -0.05) is 12.1 Å². The summed E-state index contributed by atoms with van der Waals surface area (Å²) in [6.45, 7) is 1.93. The van der Waals surface area contributed by atoms with E-state index in [0.29, 0.717) is 0 Å². The number of aliphatic hydroxyl groups excluding tert-OH is 1. The number of nitro benzene ring substituents is 1. The van der Waals surface area contributed by atoms with Gasteiger partial charge in [0, 0.05) is 24.3 Å². The van der Waals surface area contributed by atoms with Crippen LogP contribution in [0.2, 0.25) is 0 Å². The van der Waals surface area contributed by atoms with Crippen molar-refractivity contribution >= 4 is 17.8 Å². The molecule has 2 aromatic rings. The molecule has 2 aromatic carbocycles. The van der Waals surface area contributed by atoms with E-state index in [0.717, 1.165) is 24.4 Å². The Kier molecular flexibility index (Phi) is 13.0. The molecule has 2 rings (SSSR count). The Hall–Kier alpha value is -2.92. The third-order valence-electron chi connectivity index (χ3n) is 2.74. The van der Waals surface area contributed by atoms with Gasteiger partial charge in [-0.25, -0.2) is 5.43 Å². The van der Waals surface area contributed by atoms with E-state index in [1.165, 1.54) is 12.1 Å². The van der Waals surface area contributed by atoms with Crippen LogP contribution in [0.4, 0.5) is 5.69 Å². The van der Waals surface area contributed by atoms with Crippen molar-refractivity contribution in [1.82, 2.24) is 5.43 Å². The number of non-ortho nitro benzene ring substituents is 1. The number of nitro groups is 1. The molecule has 0 aliphatic rings. The van der Waals surface area contributed by atoms with Crippen LogP contribution in [0.25, 0.3) is 0 Å². The van der Waals surface area contributed by atoms with Crippen LogP contribution in [0, 0.1) is 10.1 Å². The van der Waals surface area contributed by atoms with E-state index in [9.17, 15) is 25.1 Å². The molecular weight excluding hydrogens is 397 g/mol. The summed E-state index contributed by atoms with van der Waals surface area (Å²) < 4.78 is 0. The Labute approximate surface area is 166 Å². The van der Waals surface area contributed by atoms with Crippen LogP contribution in [0.5, 0.6) is 11.5 Å². The van der Waals surface area contributed by atoms with Gasteiger partial charge in [0.25, 0.3) is 11.6 Å². The van der Waals surface area contributed by atoms with Crippen LogP contribution in [0.15, 0.2) is 47.6 Å². The molecule has 0 fully saturated rings. The fraction of sp³-hybridized carbons (Fsp3) is 0.125. The molecule has 0 heterocycles. The number of benzene rings is 2. The summed E-state index contributed by atoms with van der Waals surface area (Å²) in [5.74, 6) is -1.07. The van der Waals surface area contributed by atoms with Crippen molar-refractivity contribution in [2.24, 2.45) is 5.10 Å². The zero-order chi connectivity index (χ0) is 18.8. The molecule has 0 aliphatic heterocycles. The largest absolute Gasteiger partial charge is 4.00 e. The minimum Gasteiger partial charge on any atom is -0.870 e. The zero-order valence-corrected chi connectivity index (χ0v) is 15.6. The molecule has 10 nitrogen and oxygen atoms in total. The average Bonchev–Trinajstić information content (AvgIpc) is 2.57. The summed E-state index contributed by atoms with van der Waals surface area (Å²) in [6, 6.07) is 9.32. The fourth-order valence-corrected chi connectivity index (χ4v) is 1.65. The molecule has 0 bridgehead atoms. The molecule has 0 saturated heterocycles. The van der Waals surface area contributed by atoms with Gasteiger partial charge in [0.1, 0.15) is 11.5 Å². The van der Waals surface area contributed by atoms with Crippen LogP contribution < -0.4 is 5.43 Å². The van der Waals surface area contributed by atoms with E-state index >= 15 is 0 Å². The summed E-state index contributed by atoms with van der Waals surface area (Å²) in [5.41, 5.74) is 2.04. The van der Waals surface area contributed by atoms with E-state index in [1.54, 1.807) is 19.1 Å². The molecule has 0 saturated carbocycles. The van der Waals surface area contributed by atoms with Crippen LogP contribution in [0.1, 0.15) is 22.8 Å². The molecule has 0 atom stereocenters. The maximum Gasteiger partial charge on any atom is 4.00 e. The Balaban J connectivity index is 0. The van der Waals surface area contributed by atoms with Gasteiger partial charge in [-0.05, 0) is 25.1 Å². The molecule has 0 unspecified atom stereocenters. The number of rotatable bonds is 4. The molecule has 5 N–H and O–H groups in total. The molecular formula is C16H18N3O7V+3. The van der Waals surface area contributed by atoms with Gasteiger partial charge in [0.05, 0.1) is 16.7 Å². The van der Waals surface area contributed by atoms with Crippen LogP contribution >= 0.6 is 0 Å². The maximum atomic E-state index is 11.8. The van der Waals surface area contributed by atoms with Gasteiger partial charge in [0.15, 0.2) is 0 Å². The van der Waals surface area contributed by atoms with Crippen molar-refractivity contribution in [3.05, 3.63) is 63.7 Å². The van der Waals surface area contributed by atoms with Crippen molar-refractivity contribution in [2.45, 2.75) is 6.92 Å². The van der Waals surface area contributed by atoms with Crippen molar-refractivity contribution in [3.63, 3.8) is 0 Å². The predicted octanol–water partition coefficient (Wildman–Crippen LogP) is 1.59. The van der Waals surface area contributed by atoms with E-state index in [1.807, 2.05) is 0 Å². The number of hydrazone groups is 1. The molecule has 1 radical (unpaired) electrons. The second kappa shape index (κ2) is 13.3. The third-order valence-corrected chi connectivity index (χ3v) is 2.74. The minimum absolute atomic E-state index is 0. The number of carbonyl (C=O) groups excluding carboxylic acids is 1. The summed E-state index contributed by atoms with van der Waals surface area (Å²) in [5, 5.41) is 40.9. The molecule has 141 valence electrons. The monoisotopic (exact) mass is 415 g/mol. The molecule has 1 amide bonds. The summed E-state index contributed by atoms with van der Waals surface area (Å²) in [6.07, 6.45) is 1.07.